The number of phenols is 1. The minimum Gasteiger partial charge on any atom is -0.508 e. The summed E-state index contributed by atoms with van der Waals surface area (Å²) in [5, 5.41) is 22.2. The molecule has 1 fully saturated rings. The Balaban J connectivity index is 1.47. The first-order valence-corrected chi connectivity index (χ1v) is 12.8. The molecule has 0 bridgehead atoms. The number of non-ortho nitro benzene ring substituents is 1. The lowest BCUT2D eigenvalue weighted by molar-refractivity contribution is -0.384. The number of carbonyl (C=O) groups is 4. The fourth-order valence-corrected chi connectivity index (χ4v) is 6.63. The Morgan fingerprint density at radius 2 is 1.74 bits per heavy atom. The van der Waals surface area contributed by atoms with Crippen LogP contribution in [0.4, 0.5) is 11.4 Å². The second-order valence-electron chi connectivity index (χ2n) is 10.2. The lowest BCUT2D eigenvalue weighted by atomic mass is 9.59. The van der Waals surface area contributed by atoms with Gasteiger partial charge < -0.3 is 5.11 Å². The van der Waals surface area contributed by atoms with Crippen LogP contribution in [-0.4, -0.2) is 33.4 Å². The Morgan fingerprint density at radius 3 is 2.44 bits per heavy atom. The van der Waals surface area contributed by atoms with E-state index in [4.69, 9.17) is 11.6 Å². The maximum absolute atomic E-state index is 13.8. The number of nitro benzene ring substituents is 1. The van der Waals surface area contributed by atoms with Crippen molar-refractivity contribution < 1.29 is 29.2 Å². The summed E-state index contributed by atoms with van der Waals surface area (Å²) in [5.74, 6) is -4.51. The molecule has 39 heavy (non-hydrogen) atoms. The van der Waals surface area contributed by atoms with Crippen molar-refractivity contribution in [1.29, 1.82) is 0 Å². The van der Waals surface area contributed by atoms with Crippen LogP contribution < -0.4 is 4.90 Å². The number of ketones is 2. The van der Waals surface area contributed by atoms with Gasteiger partial charge in [-0.2, -0.15) is 0 Å². The van der Waals surface area contributed by atoms with Gasteiger partial charge in [0, 0.05) is 45.4 Å². The van der Waals surface area contributed by atoms with Crippen molar-refractivity contribution in [2.24, 2.45) is 17.8 Å². The normalized spacial score (nSPS) is 26.2. The lowest BCUT2D eigenvalue weighted by Crippen LogP contribution is -2.39. The number of nitrogens with zero attached hydrogens (tertiary/aromatic N) is 2. The van der Waals surface area contributed by atoms with Crippen molar-refractivity contribution in [2.75, 3.05) is 4.90 Å². The molecule has 2 amide bonds. The van der Waals surface area contributed by atoms with Crippen LogP contribution in [0.25, 0.3) is 0 Å². The largest absolute Gasteiger partial charge is 0.508 e. The van der Waals surface area contributed by atoms with Crippen molar-refractivity contribution in [2.45, 2.75) is 25.7 Å². The van der Waals surface area contributed by atoms with Gasteiger partial charge in [-0.15, -0.1) is 0 Å². The second kappa shape index (κ2) is 8.84. The number of hydrogen-bond donors (Lipinski definition) is 1. The number of halogens is 1. The van der Waals surface area contributed by atoms with E-state index in [-0.39, 0.29) is 58.3 Å². The Bertz CT molecular complexity index is 1620. The molecule has 9 nitrogen and oxygen atoms in total. The average Bonchev–Trinajstić information content (AvgIpc) is 3.17. The molecular weight excluding hydrogens is 524 g/mol. The third kappa shape index (κ3) is 3.68. The predicted octanol–water partition coefficient (Wildman–Crippen LogP) is 4.59. The maximum atomic E-state index is 13.8. The van der Waals surface area contributed by atoms with Crippen LogP contribution in [0.3, 0.4) is 0 Å². The fourth-order valence-electron chi connectivity index (χ4n) is 6.45. The van der Waals surface area contributed by atoms with Crippen molar-refractivity contribution in [1.82, 2.24) is 0 Å². The van der Waals surface area contributed by atoms with Crippen LogP contribution >= 0.6 is 11.6 Å². The number of rotatable bonds is 3. The molecule has 1 saturated heterocycles. The van der Waals surface area contributed by atoms with Crippen LogP contribution in [-0.2, 0) is 19.2 Å². The van der Waals surface area contributed by atoms with Crippen molar-refractivity contribution in [3.8, 4) is 5.75 Å². The number of amides is 2. The minimum atomic E-state index is -0.810. The van der Waals surface area contributed by atoms with Crippen molar-refractivity contribution >= 4 is 46.4 Å². The molecular formula is C29H21ClN2O7. The van der Waals surface area contributed by atoms with Crippen molar-refractivity contribution in [3.05, 3.63) is 97.6 Å². The van der Waals surface area contributed by atoms with Gasteiger partial charge >= 0.3 is 0 Å². The molecule has 2 aromatic rings. The van der Waals surface area contributed by atoms with Gasteiger partial charge in [0.2, 0.25) is 11.8 Å². The highest BCUT2D eigenvalue weighted by Crippen LogP contribution is 2.56. The average molecular weight is 545 g/mol. The highest BCUT2D eigenvalue weighted by molar-refractivity contribution is 6.30. The van der Waals surface area contributed by atoms with Crippen LogP contribution in [0.1, 0.15) is 31.2 Å². The van der Waals surface area contributed by atoms with E-state index in [1.54, 1.807) is 13.0 Å². The zero-order valence-electron chi connectivity index (χ0n) is 20.6. The minimum absolute atomic E-state index is 0.0988. The van der Waals surface area contributed by atoms with Gasteiger partial charge in [-0.1, -0.05) is 23.3 Å². The number of carbonyl (C=O) groups excluding carboxylic acids is 4. The zero-order chi connectivity index (χ0) is 27.7. The van der Waals surface area contributed by atoms with Gasteiger partial charge in [-0.3, -0.25) is 34.2 Å². The molecule has 4 unspecified atom stereocenters. The van der Waals surface area contributed by atoms with E-state index < -0.39 is 40.4 Å². The SMILES string of the molecule is CC1=CC(=O)C2=C(C1=O)C(c1cc(Cl)ccc1O)C1=CCC3C(=O)N(c4ccc([N+](=O)[O-])cc4)C(=O)C3C1C2. The third-order valence-electron chi connectivity index (χ3n) is 8.18. The molecule has 0 spiro atoms. The number of imide groups is 1. The van der Waals surface area contributed by atoms with Gasteiger partial charge in [-0.25, -0.2) is 0 Å². The number of nitro groups is 1. The molecule has 2 aromatic carbocycles. The van der Waals surface area contributed by atoms with E-state index >= 15 is 0 Å². The molecule has 3 aliphatic carbocycles. The van der Waals surface area contributed by atoms with Gasteiger partial charge in [0.1, 0.15) is 5.75 Å². The van der Waals surface area contributed by atoms with Gasteiger partial charge in [0.15, 0.2) is 11.6 Å². The standard InChI is InChI=1S/C29H21ClN2O7/c1-13-10-23(34)21-12-19-17(24(26(21)27(13)35)20-11-14(30)2-9-22(20)33)7-8-18-25(19)29(37)31(28(18)36)15-3-5-16(6-4-15)32(38)39/h2-7,9-11,18-19,24-25,33H,8,12H2,1H3. The first-order valence-electron chi connectivity index (χ1n) is 12.4. The second-order valence-corrected chi connectivity index (χ2v) is 10.7. The number of fused-ring (bicyclic) bond motifs is 3. The van der Waals surface area contributed by atoms with Crippen LogP contribution in [0.5, 0.6) is 5.75 Å². The quantitative estimate of drug-likeness (QED) is 0.196. The molecule has 4 atom stereocenters. The summed E-state index contributed by atoms with van der Waals surface area (Å²) in [4.78, 5) is 65.5. The lowest BCUT2D eigenvalue weighted by Gasteiger charge is -2.42. The van der Waals surface area contributed by atoms with E-state index in [0.29, 0.717) is 16.2 Å². The maximum Gasteiger partial charge on any atom is 0.269 e. The summed E-state index contributed by atoms with van der Waals surface area (Å²) in [5.41, 5.74) is 1.93. The molecule has 1 aliphatic heterocycles. The summed E-state index contributed by atoms with van der Waals surface area (Å²) in [7, 11) is 0. The number of hydrogen-bond acceptors (Lipinski definition) is 7. The highest BCUT2D eigenvalue weighted by Gasteiger charge is 2.56. The Morgan fingerprint density at radius 1 is 1.03 bits per heavy atom. The van der Waals surface area contributed by atoms with E-state index in [1.165, 1.54) is 42.5 Å². The molecule has 0 aromatic heterocycles. The topological polar surface area (TPSA) is 135 Å². The van der Waals surface area contributed by atoms with Crippen molar-refractivity contribution in [3.63, 3.8) is 0 Å². The van der Waals surface area contributed by atoms with Gasteiger partial charge in [0.05, 0.1) is 22.4 Å². The molecule has 196 valence electrons. The number of aromatic hydroxyl groups is 1. The monoisotopic (exact) mass is 544 g/mol. The first kappa shape index (κ1) is 24.9. The molecule has 10 heteroatoms. The number of benzene rings is 2. The summed E-state index contributed by atoms with van der Waals surface area (Å²) >= 11 is 6.27. The van der Waals surface area contributed by atoms with Crippen LogP contribution in [0.15, 0.2) is 76.9 Å². The molecule has 1 N–H and O–H groups in total. The Labute approximate surface area is 227 Å². The van der Waals surface area contributed by atoms with Crippen LogP contribution in [0.2, 0.25) is 5.02 Å². The van der Waals surface area contributed by atoms with E-state index in [0.717, 1.165) is 4.90 Å². The van der Waals surface area contributed by atoms with E-state index in [1.807, 2.05) is 6.08 Å². The number of Topliss-reactive ketones (excluding diaryl/α,β-unsaturated/α-hetero) is 1. The Hall–Kier alpha value is -4.37. The summed E-state index contributed by atoms with van der Waals surface area (Å²) in [6.45, 7) is 1.57. The molecule has 6 rings (SSSR count). The molecule has 4 aliphatic rings. The summed E-state index contributed by atoms with van der Waals surface area (Å²) < 4.78 is 0. The number of anilines is 1. The van der Waals surface area contributed by atoms with Gasteiger partial charge in [0.25, 0.3) is 5.69 Å². The predicted molar refractivity (Wildman–Crippen MR) is 140 cm³/mol. The fraction of sp³-hybridized carbons (Fsp3) is 0.241. The first-order chi connectivity index (χ1) is 18.6. The Kier molecular flexibility index (Phi) is 5.65. The highest BCUT2D eigenvalue weighted by atomic mass is 35.5. The van der Waals surface area contributed by atoms with Crippen LogP contribution in [0, 0.1) is 27.9 Å². The smallest absolute Gasteiger partial charge is 0.269 e. The molecule has 0 radical (unpaired) electrons. The van der Waals surface area contributed by atoms with Gasteiger partial charge in [-0.05, 0) is 62.1 Å². The zero-order valence-corrected chi connectivity index (χ0v) is 21.3. The number of phenolic OH excluding ortho intramolecular Hbond substituents is 1. The third-order valence-corrected chi connectivity index (χ3v) is 8.42. The van der Waals surface area contributed by atoms with E-state index in [9.17, 15) is 34.4 Å². The van der Waals surface area contributed by atoms with E-state index in [2.05, 4.69) is 0 Å². The number of allylic oxidation sites excluding steroid dienone is 6. The molecule has 0 saturated carbocycles. The molecule has 1 heterocycles. The summed E-state index contributed by atoms with van der Waals surface area (Å²) in [6, 6.07) is 9.69. The summed E-state index contributed by atoms with van der Waals surface area (Å²) in [6.07, 6.45) is 3.45.